The number of nitrogens with one attached hydrogen (secondary N) is 3. The maximum atomic E-state index is 14.5. The number of H-pyrrole nitrogens is 1. The summed E-state index contributed by atoms with van der Waals surface area (Å²) in [7, 11) is 0. The van der Waals surface area contributed by atoms with Crippen LogP contribution in [0.3, 0.4) is 0 Å². The van der Waals surface area contributed by atoms with Crippen molar-refractivity contribution in [2.75, 3.05) is 23.3 Å². The molecule has 134 valence electrons. The van der Waals surface area contributed by atoms with E-state index < -0.39 is 6.03 Å². The summed E-state index contributed by atoms with van der Waals surface area (Å²) in [6, 6.07) is 4.22. The molecule has 1 aliphatic heterocycles. The Morgan fingerprint density at radius 3 is 2.80 bits per heavy atom. The van der Waals surface area contributed by atoms with Gasteiger partial charge >= 0.3 is 6.03 Å². The third kappa shape index (κ3) is 4.44. The number of carbonyl (C=O) groups is 1. The average Bonchev–Trinajstić information content (AvgIpc) is 3.05. The molecule has 0 spiro atoms. The van der Waals surface area contributed by atoms with E-state index in [4.69, 9.17) is 4.74 Å². The van der Waals surface area contributed by atoms with Crippen molar-refractivity contribution in [3.05, 3.63) is 36.2 Å². The van der Waals surface area contributed by atoms with Gasteiger partial charge < -0.3 is 20.3 Å². The quantitative estimate of drug-likeness (QED) is 0.784. The molecule has 1 aromatic heterocycles. The molecule has 0 saturated carbocycles. The molecule has 1 saturated heterocycles. The molecule has 2 amide bonds. The van der Waals surface area contributed by atoms with E-state index in [1.165, 1.54) is 12.4 Å². The summed E-state index contributed by atoms with van der Waals surface area (Å²) in [5.74, 6) is 0.154. The number of anilines is 2. The maximum absolute atomic E-state index is 14.5. The van der Waals surface area contributed by atoms with Crippen LogP contribution in [-0.2, 0) is 11.3 Å². The van der Waals surface area contributed by atoms with Crippen LogP contribution in [0.15, 0.2) is 24.5 Å². The summed E-state index contributed by atoms with van der Waals surface area (Å²) >= 11 is 0. The van der Waals surface area contributed by atoms with Crippen LogP contribution in [0.5, 0.6) is 0 Å². The second kappa shape index (κ2) is 7.47. The highest BCUT2D eigenvalue weighted by Crippen LogP contribution is 2.26. The summed E-state index contributed by atoms with van der Waals surface area (Å²) in [6.45, 7) is 5.40. The SMILES string of the molecule is C[C@@H]1CN(c2ccc(NC(=O)NCc3ncn[nH]3)cc2F)C[C@@H](C)O1. The molecule has 0 unspecified atom stereocenters. The van der Waals surface area contributed by atoms with Gasteiger partial charge in [-0.3, -0.25) is 5.10 Å². The summed E-state index contributed by atoms with van der Waals surface area (Å²) < 4.78 is 20.1. The van der Waals surface area contributed by atoms with E-state index in [-0.39, 0.29) is 24.6 Å². The number of aromatic nitrogens is 3. The predicted octanol–water partition coefficient (Wildman–Crippen LogP) is 1.88. The van der Waals surface area contributed by atoms with Gasteiger partial charge in [0.25, 0.3) is 0 Å². The lowest BCUT2D eigenvalue weighted by molar-refractivity contribution is -0.00539. The van der Waals surface area contributed by atoms with E-state index in [1.807, 2.05) is 18.7 Å². The molecule has 8 nitrogen and oxygen atoms in total. The molecule has 2 heterocycles. The van der Waals surface area contributed by atoms with Gasteiger partial charge in [-0.2, -0.15) is 5.10 Å². The Morgan fingerprint density at radius 2 is 2.16 bits per heavy atom. The zero-order valence-corrected chi connectivity index (χ0v) is 14.1. The first kappa shape index (κ1) is 17.2. The van der Waals surface area contributed by atoms with Gasteiger partial charge in [0.1, 0.15) is 18.0 Å². The number of carbonyl (C=O) groups excluding carboxylic acids is 1. The van der Waals surface area contributed by atoms with E-state index in [9.17, 15) is 9.18 Å². The van der Waals surface area contributed by atoms with E-state index in [0.717, 1.165) is 0 Å². The fourth-order valence-electron chi connectivity index (χ4n) is 2.87. The van der Waals surface area contributed by atoms with E-state index in [0.29, 0.717) is 30.3 Å². The number of benzene rings is 1. The van der Waals surface area contributed by atoms with Gasteiger partial charge in [0.15, 0.2) is 0 Å². The highest BCUT2D eigenvalue weighted by molar-refractivity contribution is 5.89. The molecule has 9 heteroatoms. The fraction of sp³-hybridized carbons (Fsp3) is 0.438. The number of urea groups is 1. The Bertz CT molecular complexity index is 713. The predicted molar refractivity (Wildman–Crippen MR) is 90.9 cm³/mol. The van der Waals surface area contributed by atoms with Crippen molar-refractivity contribution in [3.63, 3.8) is 0 Å². The topological polar surface area (TPSA) is 95.2 Å². The van der Waals surface area contributed by atoms with Crippen molar-refractivity contribution in [2.24, 2.45) is 0 Å². The number of rotatable bonds is 4. The molecule has 0 bridgehead atoms. The van der Waals surface area contributed by atoms with Crippen molar-refractivity contribution in [1.82, 2.24) is 20.5 Å². The van der Waals surface area contributed by atoms with Crippen LogP contribution in [0.25, 0.3) is 0 Å². The molecule has 0 aliphatic carbocycles. The molecule has 1 aliphatic rings. The second-order valence-electron chi connectivity index (χ2n) is 6.07. The van der Waals surface area contributed by atoms with Crippen molar-refractivity contribution in [3.8, 4) is 0 Å². The minimum absolute atomic E-state index is 0.0443. The standard InChI is InChI=1S/C16H21FN6O2/c1-10-7-23(8-11(2)25-10)14-4-3-12(5-13(14)17)21-16(24)18-6-15-19-9-20-22-15/h3-5,9-11H,6-8H2,1-2H3,(H2,18,21,24)(H,19,20,22)/t10-,11-/m1/s1. The first-order valence-electron chi connectivity index (χ1n) is 8.10. The summed E-state index contributed by atoms with van der Waals surface area (Å²) in [4.78, 5) is 17.7. The Balaban J connectivity index is 1.60. The normalized spacial score (nSPS) is 20.4. The summed E-state index contributed by atoms with van der Waals surface area (Å²) in [5.41, 5.74) is 0.889. The van der Waals surface area contributed by atoms with Crippen molar-refractivity contribution in [1.29, 1.82) is 0 Å². The van der Waals surface area contributed by atoms with Gasteiger partial charge in [-0.05, 0) is 32.0 Å². The summed E-state index contributed by atoms with van der Waals surface area (Å²) in [6.07, 6.45) is 1.45. The Labute approximate surface area is 144 Å². The molecule has 0 radical (unpaired) electrons. The van der Waals surface area contributed by atoms with E-state index >= 15 is 0 Å². The van der Waals surface area contributed by atoms with Crippen LogP contribution in [0, 0.1) is 5.82 Å². The number of hydrogen-bond acceptors (Lipinski definition) is 5. The largest absolute Gasteiger partial charge is 0.372 e. The van der Waals surface area contributed by atoms with Crippen LogP contribution in [0.2, 0.25) is 0 Å². The van der Waals surface area contributed by atoms with E-state index in [1.54, 1.807) is 12.1 Å². The number of morpholine rings is 1. The third-order valence-corrected chi connectivity index (χ3v) is 3.85. The van der Waals surface area contributed by atoms with Gasteiger partial charge in [0.2, 0.25) is 0 Å². The highest BCUT2D eigenvalue weighted by atomic mass is 19.1. The smallest absolute Gasteiger partial charge is 0.319 e. The molecular weight excluding hydrogens is 327 g/mol. The van der Waals surface area contributed by atoms with Gasteiger partial charge in [-0.25, -0.2) is 14.2 Å². The molecule has 2 atom stereocenters. The monoisotopic (exact) mass is 348 g/mol. The molecule has 1 fully saturated rings. The number of ether oxygens (including phenoxy) is 1. The van der Waals surface area contributed by atoms with Crippen LogP contribution in [0.4, 0.5) is 20.6 Å². The van der Waals surface area contributed by atoms with Crippen molar-refractivity contribution >= 4 is 17.4 Å². The van der Waals surface area contributed by atoms with E-state index in [2.05, 4.69) is 25.8 Å². The van der Waals surface area contributed by atoms with Crippen LogP contribution >= 0.6 is 0 Å². The first-order chi connectivity index (χ1) is 12.0. The minimum atomic E-state index is -0.447. The van der Waals surface area contributed by atoms with Crippen LogP contribution < -0.4 is 15.5 Å². The maximum Gasteiger partial charge on any atom is 0.319 e. The molecule has 25 heavy (non-hydrogen) atoms. The molecule has 3 N–H and O–H groups in total. The Kier molecular flexibility index (Phi) is 5.13. The lowest BCUT2D eigenvalue weighted by Gasteiger charge is -2.37. The lowest BCUT2D eigenvalue weighted by atomic mass is 10.2. The number of hydrogen-bond donors (Lipinski definition) is 3. The number of halogens is 1. The van der Waals surface area contributed by atoms with Gasteiger partial charge in [-0.1, -0.05) is 0 Å². The number of amides is 2. The molecule has 1 aromatic carbocycles. The zero-order valence-electron chi connectivity index (χ0n) is 14.1. The summed E-state index contributed by atoms with van der Waals surface area (Å²) in [5, 5.41) is 11.5. The Morgan fingerprint density at radius 1 is 1.40 bits per heavy atom. The zero-order chi connectivity index (χ0) is 17.8. The minimum Gasteiger partial charge on any atom is -0.372 e. The second-order valence-corrected chi connectivity index (χ2v) is 6.07. The highest BCUT2D eigenvalue weighted by Gasteiger charge is 2.24. The van der Waals surface area contributed by atoms with Gasteiger partial charge in [0, 0.05) is 18.8 Å². The van der Waals surface area contributed by atoms with Gasteiger partial charge in [0.05, 0.1) is 24.4 Å². The van der Waals surface area contributed by atoms with Crippen molar-refractivity contribution < 1.29 is 13.9 Å². The van der Waals surface area contributed by atoms with Crippen molar-refractivity contribution in [2.45, 2.75) is 32.6 Å². The first-order valence-corrected chi connectivity index (χ1v) is 8.10. The van der Waals surface area contributed by atoms with Crippen LogP contribution in [0.1, 0.15) is 19.7 Å². The number of aromatic amines is 1. The number of nitrogens with zero attached hydrogens (tertiary/aromatic N) is 3. The lowest BCUT2D eigenvalue weighted by Crippen LogP contribution is -2.45. The Hall–Kier alpha value is -2.68. The average molecular weight is 348 g/mol. The molecular formula is C16H21FN6O2. The molecule has 2 aromatic rings. The van der Waals surface area contributed by atoms with Crippen LogP contribution in [-0.4, -0.2) is 46.5 Å². The van der Waals surface area contributed by atoms with Gasteiger partial charge in [-0.15, -0.1) is 0 Å². The fourth-order valence-corrected chi connectivity index (χ4v) is 2.87. The third-order valence-electron chi connectivity index (χ3n) is 3.85. The molecule has 3 rings (SSSR count).